The van der Waals surface area contributed by atoms with E-state index in [1.54, 1.807) is 11.8 Å². The second kappa shape index (κ2) is 8.30. The Morgan fingerprint density at radius 2 is 1.60 bits per heavy atom. The third-order valence-electron chi connectivity index (χ3n) is 5.54. The summed E-state index contributed by atoms with van der Waals surface area (Å²) >= 11 is 0. The summed E-state index contributed by atoms with van der Waals surface area (Å²) in [5.41, 5.74) is 1.39. The summed E-state index contributed by atoms with van der Waals surface area (Å²) < 4.78 is 0. The lowest BCUT2D eigenvalue weighted by Crippen LogP contribution is -2.46. The van der Waals surface area contributed by atoms with Crippen molar-refractivity contribution in [3.63, 3.8) is 0 Å². The highest BCUT2D eigenvalue weighted by atomic mass is 16.2. The minimum absolute atomic E-state index is 0.115. The molecule has 4 amide bonds. The van der Waals surface area contributed by atoms with Crippen LogP contribution in [0.2, 0.25) is 0 Å². The number of benzene rings is 2. The molecule has 3 rings (SSSR count). The van der Waals surface area contributed by atoms with Crippen LogP contribution in [0, 0.1) is 0 Å². The first-order valence-electron chi connectivity index (χ1n) is 10.3. The maximum absolute atomic E-state index is 13.2. The van der Waals surface area contributed by atoms with E-state index in [0.29, 0.717) is 11.5 Å². The molecule has 0 saturated carbocycles. The van der Waals surface area contributed by atoms with Crippen molar-refractivity contribution >= 4 is 23.5 Å². The van der Waals surface area contributed by atoms with Crippen molar-refractivity contribution in [2.75, 3.05) is 11.4 Å². The number of hydrogen-bond acceptors (Lipinski definition) is 3. The van der Waals surface area contributed by atoms with Gasteiger partial charge in [0.25, 0.3) is 5.91 Å². The van der Waals surface area contributed by atoms with Gasteiger partial charge in [-0.1, -0.05) is 56.3 Å². The third kappa shape index (κ3) is 3.95. The fourth-order valence-electron chi connectivity index (χ4n) is 3.77. The average molecular weight is 408 g/mol. The van der Waals surface area contributed by atoms with E-state index in [1.807, 2.05) is 68.4 Å². The normalized spacial score (nSPS) is 18.8. The lowest BCUT2D eigenvalue weighted by molar-refractivity contribution is -0.134. The average Bonchev–Trinajstić information content (AvgIpc) is 2.92. The van der Waals surface area contributed by atoms with Gasteiger partial charge in [-0.05, 0) is 49.9 Å². The monoisotopic (exact) mass is 407 g/mol. The minimum atomic E-state index is -1.19. The SMILES string of the molecule is CC(C)c1ccc(C2(C)NC(=O)N(CC(=O)N(c3ccccc3)C(C)C)C2=O)cc1. The van der Waals surface area contributed by atoms with Crippen LogP contribution in [0.3, 0.4) is 0 Å². The van der Waals surface area contributed by atoms with Gasteiger partial charge in [-0.2, -0.15) is 0 Å². The summed E-state index contributed by atoms with van der Waals surface area (Å²) in [6.45, 7) is 9.37. The largest absolute Gasteiger partial charge is 0.325 e. The number of rotatable bonds is 6. The molecule has 0 aromatic heterocycles. The van der Waals surface area contributed by atoms with Gasteiger partial charge in [0.15, 0.2) is 0 Å². The second-order valence-corrected chi connectivity index (χ2v) is 8.42. The number of nitrogens with one attached hydrogen (secondary N) is 1. The number of carbonyl (C=O) groups excluding carboxylic acids is 3. The molecule has 0 aliphatic carbocycles. The summed E-state index contributed by atoms with van der Waals surface area (Å²) in [4.78, 5) is 41.5. The van der Waals surface area contributed by atoms with Gasteiger partial charge in [-0.15, -0.1) is 0 Å². The number of para-hydroxylation sites is 1. The van der Waals surface area contributed by atoms with E-state index in [4.69, 9.17) is 0 Å². The van der Waals surface area contributed by atoms with Gasteiger partial charge in [0.1, 0.15) is 12.1 Å². The van der Waals surface area contributed by atoms with E-state index in [9.17, 15) is 14.4 Å². The van der Waals surface area contributed by atoms with Crippen LogP contribution in [0.1, 0.15) is 51.7 Å². The van der Waals surface area contributed by atoms with E-state index in [0.717, 1.165) is 16.2 Å². The maximum atomic E-state index is 13.2. The molecule has 2 aromatic carbocycles. The van der Waals surface area contributed by atoms with E-state index >= 15 is 0 Å². The van der Waals surface area contributed by atoms with E-state index in [-0.39, 0.29) is 18.5 Å². The Labute approximate surface area is 177 Å². The van der Waals surface area contributed by atoms with Crippen LogP contribution in [0.5, 0.6) is 0 Å². The molecule has 1 heterocycles. The van der Waals surface area contributed by atoms with Crippen LogP contribution in [0.4, 0.5) is 10.5 Å². The van der Waals surface area contributed by atoms with E-state index < -0.39 is 17.5 Å². The third-order valence-corrected chi connectivity index (χ3v) is 5.54. The van der Waals surface area contributed by atoms with Gasteiger partial charge in [0.2, 0.25) is 5.91 Å². The summed E-state index contributed by atoms with van der Waals surface area (Å²) in [5.74, 6) is -0.358. The molecule has 1 N–H and O–H groups in total. The second-order valence-electron chi connectivity index (χ2n) is 8.42. The molecule has 6 nitrogen and oxygen atoms in total. The Morgan fingerprint density at radius 3 is 2.13 bits per heavy atom. The molecule has 1 saturated heterocycles. The summed E-state index contributed by atoms with van der Waals surface area (Å²) in [5, 5.41) is 2.78. The molecular weight excluding hydrogens is 378 g/mol. The zero-order chi connectivity index (χ0) is 22.1. The van der Waals surface area contributed by atoms with Crippen molar-refractivity contribution in [1.82, 2.24) is 10.2 Å². The molecule has 1 fully saturated rings. The highest BCUT2D eigenvalue weighted by Crippen LogP contribution is 2.30. The fourth-order valence-corrected chi connectivity index (χ4v) is 3.77. The molecule has 1 aliphatic rings. The van der Waals surface area contributed by atoms with Crippen molar-refractivity contribution in [1.29, 1.82) is 0 Å². The topological polar surface area (TPSA) is 69.7 Å². The lowest BCUT2D eigenvalue weighted by Gasteiger charge is -2.28. The molecule has 2 aromatic rings. The first-order valence-corrected chi connectivity index (χ1v) is 10.3. The van der Waals surface area contributed by atoms with Gasteiger partial charge in [0, 0.05) is 11.7 Å². The first kappa shape index (κ1) is 21.6. The summed E-state index contributed by atoms with van der Waals surface area (Å²) in [6, 6.07) is 16.2. The molecule has 0 radical (unpaired) electrons. The number of anilines is 1. The number of imide groups is 1. The number of nitrogens with zero attached hydrogens (tertiary/aromatic N) is 2. The molecule has 0 spiro atoms. The Hall–Kier alpha value is -3.15. The van der Waals surface area contributed by atoms with Gasteiger partial charge in [0.05, 0.1) is 0 Å². The minimum Gasteiger partial charge on any atom is -0.319 e. The Balaban J connectivity index is 1.82. The van der Waals surface area contributed by atoms with Gasteiger partial charge in [-0.3, -0.25) is 14.5 Å². The predicted molar refractivity (Wildman–Crippen MR) is 117 cm³/mol. The van der Waals surface area contributed by atoms with Gasteiger partial charge < -0.3 is 10.2 Å². The van der Waals surface area contributed by atoms with Crippen molar-refractivity contribution in [3.8, 4) is 0 Å². The van der Waals surface area contributed by atoms with Crippen molar-refractivity contribution in [2.45, 2.75) is 52.1 Å². The molecule has 6 heteroatoms. The highest BCUT2D eigenvalue weighted by molar-refractivity contribution is 6.10. The van der Waals surface area contributed by atoms with Crippen LogP contribution >= 0.6 is 0 Å². The number of hydrogen-bond donors (Lipinski definition) is 1. The molecule has 30 heavy (non-hydrogen) atoms. The molecule has 158 valence electrons. The molecule has 0 bridgehead atoms. The number of urea groups is 1. The standard InChI is InChI=1S/C24H29N3O3/c1-16(2)18-11-13-19(14-12-18)24(5)22(29)26(23(30)25-24)15-21(28)27(17(3)4)20-9-7-6-8-10-20/h6-14,16-17H,15H2,1-5H3,(H,25,30). The van der Waals surface area contributed by atoms with Gasteiger partial charge >= 0.3 is 6.03 Å². The lowest BCUT2D eigenvalue weighted by atomic mass is 9.90. The highest BCUT2D eigenvalue weighted by Gasteiger charge is 2.49. The predicted octanol–water partition coefficient (Wildman–Crippen LogP) is 4.02. The maximum Gasteiger partial charge on any atom is 0.325 e. The smallest absolute Gasteiger partial charge is 0.319 e. The Kier molecular flexibility index (Phi) is 5.97. The van der Waals surface area contributed by atoms with Crippen LogP contribution in [-0.2, 0) is 15.1 Å². The van der Waals surface area contributed by atoms with Crippen LogP contribution in [-0.4, -0.2) is 35.3 Å². The van der Waals surface area contributed by atoms with Crippen molar-refractivity contribution in [2.24, 2.45) is 0 Å². The Bertz CT molecular complexity index is 938. The summed E-state index contributed by atoms with van der Waals surface area (Å²) in [6.07, 6.45) is 0. The van der Waals surface area contributed by atoms with Crippen molar-refractivity contribution in [3.05, 3.63) is 65.7 Å². The molecular formula is C24H29N3O3. The van der Waals surface area contributed by atoms with Crippen LogP contribution < -0.4 is 10.2 Å². The molecule has 1 unspecified atom stereocenters. The fraction of sp³-hybridized carbons (Fsp3) is 0.375. The molecule has 1 aliphatic heterocycles. The zero-order valence-corrected chi connectivity index (χ0v) is 18.2. The van der Waals surface area contributed by atoms with Gasteiger partial charge in [-0.25, -0.2) is 4.79 Å². The van der Waals surface area contributed by atoms with Crippen LogP contribution in [0.25, 0.3) is 0 Å². The number of amides is 4. The van der Waals surface area contributed by atoms with Crippen LogP contribution in [0.15, 0.2) is 54.6 Å². The first-order chi connectivity index (χ1) is 14.1. The summed E-state index contributed by atoms with van der Waals surface area (Å²) in [7, 11) is 0. The Morgan fingerprint density at radius 1 is 1.00 bits per heavy atom. The quantitative estimate of drug-likeness (QED) is 0.736. The molecule has 1 atom stereocenters. The van der Waals surface area contributed by atoms with Crippen molar-refractivity contribution < 1.29 is 14.4 Å². The number of carbonyl (C=O) groups is 3. The van der Waals surface area contributed by atoms with E-state index in [2.05, 4.69) is 19.2 Å². The van der Waals surface area contributed by atoms with E-state index in [1.165, 1.54) is 0 Å². The zero-order valence-electron chi connectivity index (χ0n) is 18.2.